The molecule has 0 radical (unpaired) electrons. The summed E-state index contributed by atoms with van der Waals surface area (Å²) in [6.07, 6.45) is 0.108. The van der Waals surface area contributed by atoms with Gasteiger partial charge in [0.05, 0.1) is 26.6 Å². The second-order valence-electron chi connectivity index (χ2n) is 5.92. The number of carbonyl (C=O) groups is 1. The second kappa shape index (κ2) is 5.72. The largest absolute Gasteiger partial charge is 0.481 e. The van der Waals surface area contributed by atoms with E-state index in [1.807, 2.05) is 12.1 Å². The van der Waals surface area contributed by atoms with Gasteiger partial charge in [-0.05, 0) is 12.6 Å². The summed E-state index contributed by atoms with van der Waals surface area (Å²) in [6, 6.07) is 8.01. The molecule has 104 valence electrons. The van der Waals surface area contributed by atoms with Gasteiger partial charge in [-0.25, -0.2) is 0 Å². The van der Waals surface area contributed by atoms with Crippen molar-refractivity contribution in [2.75, 3.05) is 40.3 Å². The molecule has 0 unspecified atom stereocenters. The van der Waals surface area contributed by atoms with Gasteiger partial charge in [0.15, 0.2) is 0 Å². The Morgan fingerprint density at radius 2 is 1.74 bits per heavy atom. The van der Waals surface area contributed by atoms with Gasteiger partial charge < -0.3 is 9.59 Å². The van der Waals surface area contributed by atoms with Crippen LogP contribution in [0, 0.1) is 0 Å². The van der Waals surface area contributed by atoms with E-state index in [0.717, 1.165) is 29.7 Å². The van der Waals surface area contributed by atoms with E-state index in [2.05, 4.69) is 31.1 Å². The van der Waals surface area contributed by atoms with Crippen molar-refractivity contribution in [2.45, 2.75) is 13.0 Å². The molecule has 1 saturated heterocycles. The molecule has 19 heavy (non-hydrogen) atoms. The van der Waals surface area contributed by atoms with Crippen molar-refractivity contribution in [2.24, 2.45) is 0 Å². The zero-order valence-corrected chi connectivity index (χ0v) is 11.8. The lowest BCUT2D eigenvalue weighted by molar-refractivity contribution is -0.926. The van der Waals surface area contributed by atoms with Crippen molar-refractivity contribution in [3.63, 3.8) is 0 Å². The molecule has 1 aromatic rings. The van der Waals surface area contributed by atoms with Gasteiger partial charge in [0.2, 0.25) is 0 Å². The third kappa shape index (κ3) is 4.04. The number of hydrogen-bond donors (Lipinski definition) is 1. The first-order valence-electron chi connectivity index (χ1n) is 6.79. The van der Waals surface area contributed by atoms with Crippen LogP contribution in [0.15, 0.2) is 24.3 Å². The number of nitrogens with zero attached hydrogens (tertiary/aromatic N) is 2. The molecule has 0 amide bonds. The van der Waals surface area contributed by atoms with E-state index in [0.29, 0.717) is 0 Å². The topological polar surface area (TPSA) is 40.5 Å². The van der Waals surface area contributed by atoms with E-state index in [9.17, 15) is 4.79 Å². The summed E-state index contributed by atoms with van der Waals surface area (Å²) in [5.74, 6) is -0.772. The third-order valence-electron chi connectivity index (χ3n) is 3.99. The van der Waals surface area contributed by atoms with E-state index >= 15 is 0 Å². The molecule has 0 aromatic heterocycles. The maximum absolute atomic E-state index is 10.6. The lowest BCUT2D eigenvalue weighted by atomic mass is 10.1. The zero-order chi connectivity index (χ0) is 13.9. The Morgan fingerprint density at radius 3 is 2.26 bits per heavy atom. The SMILES string of the molecule is CN1CC[N+](C)(Cc2ccc(CC(=O)O)cc2)CC1. The number of carboxylic acids is 1. The Morgan fingerprint density at radius 1 is 1.21 bits per heavy atom. The van der Waals surface area contributed by atoms with Gasteiger partial charge in [-0.1, -0.05) is 24.3 Å². The first kappa shape index (κ1) is 14.0. The lowest BCUT2D eigenvalue weighted by Gasteiger charge is -2.41. The lowest BCUT2D eigenvalue weighted by Crippen LogP contribution is -2.55. The number of likely N-dealkylation sites (N-methyl/N-ethyl adjacent to an activating group) is 2. The van der Waals surface area contributed by atoms with E-state index < -0.39 is 5.97 Å². The van der Waals surface area contributed by atoms with Crippen LogP contribution < -0.4 is 0 Å². The predicted octanol–water partition coefficient (Wildman–Crippen LogP) is 1.21. The summed E-state index contributed by atoms with van der Waals surface area (Å²) in [7, 11) is 4.47. The van der Waals surface area contributed by atoms with Crippen LogP contribution >= 0.6 is 0 Å². The fraction of sp³-hybridized carbons (Fsp3) is 0.533. The molecule has 1 aliphatic rings. The van der Waals surface area contributed by atoms with Crippen molar-refractivity contribution < 1.29 is 14.4 Å². The van der Waals surface area contributed by atoms with Gasteiger partial charge in [-0.2, -0.15) is 0 Å². The molecule has 4 heteroatoms. The monoisotopic (exact) mass is 263 g/mol. The number of benzene rings is 1. The van der Waals surface area contributed by atoms with Crippen LogP contribution in [0.1, 0.15) is 11.1 Å². The predicted molar refractivity (Wildman–Crippen MR) is 74.9 cm³/mol. The Balaban J connectivity index is 1.97. The molecular formula is C15H23N2O2+. The normalized spacial score (nSPS) is 19.3. The average Bonchev–Trinajstić information content (AvgIpc) is 2.35. The first-order valence-corrected chi connectivity index (χ1v) is 6.79. The van der Waals surface area contributed by atoms with Crippen LogP contribution in [0.2, 0.25) is 0 Å². The summed E-state index contributed by atoms with van der Waals surface area (Å²) < 4.78 is 1.07. The minimum atomic E-state index is -0.772. The molecule has 1 N–H and O–H groups in total. The summed E-state index contributed by atoms with van der Waals surface area (Å²) >= 11 is 0. The van der Waals surface area contributed by atoms with Gasteiger partial charge in [0.1, 0.15) is 6.54 Å². The average molecular weight is 263 g/mol. The van der Waals surface area contributed by atoms with Crippen LogP contribution in [0.3, 0.4) is 0 Å². The molecule has 0 atom stereocenters. The molecule has 0 saturated carbocycles. The van der Waals surface area contributed by atoms with Crippen molar-refractivity contribution in [3.05, 3.63) is 35.4 Å². The van der Waals surface area contributed by atoms with E-state index in [1.54, 1.807) is 0 Å². The highest BCUT2D eigenvalue weighted by atomic mass is 16.4. The van der Waals surface area contributed by atoms with Crippen LogP contribution in [0.25, 0.3) is 0 Å². The van der Waals surface area contributed by atoms with Gasteiger partial charge in [0.25, 0.3) is 0 Å². The molecule has 1 aromatic carbocycles. The van der Waals surface area contributed by atoms with Crippen molar-refractivity contribution in [1.29, 1.82) is 0 Å². The van der Waals surface area contributed by atoms with Crippen LogP contribution in [0.4, 0.5) is 0 Å². The van der Waals surface area contributed by atoms with Gasteiger partial charge >= 0.3 is 5.97 Å². The summed E-state index contributed by atoms with van der Waals surface area (Å²) in [5, 5.41) is 8.76. The Labute approximate surface area is 114 Å². The number of piperazine rings is 1. The molecule has 1 aliphatic heterocycles. The third-order valence-corrected chi connectivity index (χ3v) is 3.99. The van der Waals surface area contributed by atoms with Crippen molar-refractivity contribution in [1.82, 2.24) is 4.90 Å². The molecule has 0 spiro atoms. The quantitative estimate of drug-likeness (QED) is 0.830. The van der Waals surface area contributed by atoms with Crippen LogP contribution in [-0.4, -0.2) is 60.7 Å². The van der Waals surface area contributed by atoms with Crippen molar-refractivity contribution in [3.8, 4) is 0 Å². The highest BCUT2D eigenvalue weighted by molar-refractivity contribution is 5.70. The molecule has 0 aliphatic carbocycles. The van der Waals surface area contributed by atoms with E-state index in [1.165, 1.54) is 18.7 Å². The fourth-order valence-electron chi connectivity index (χ4n) is 2.58. The summed E-state index contributed by atoms with van der Waals surface area (Å²) in [5.41, 5.74) is 2.17. The maximum Gasteiger partial charge on any atom is 0.307 e. The Hall–Kier alpha value is -1.39. The number of hydrogen-bond acceptors (Lipinski definition) is 2. The van der Waals surface area contributed by atoms with Gasteiger partial charge in [0, 0.05) is 18.7 Å². The van der Waals surface area contributed by atoms with Crippen LogP contribution in [0.5, 0.6) is 0 Å². The standard InChI is InChI=1S/C15H22N2O2/c1-16-7-9-17(2,10-8-16)12-14-5-3-13(4-6-14)11-15(18)19/h3-6H,7-12H2,1-2H3/p+1. The van der Waals surface area contributed by atoms with Gasteiger partial charge in [-0.3, -0.25) is 9.69 Å². The summed E-state index contributed by atoms with van der Waals surface area (Å²) in [6.45, 7) is 5.67. The molecule has 4 nitrogen and oxygen atoms in total. The number of aliphatic carboxylic acids is 1. The van der Waals surface area contributed by atoms with Crippen LogP contribution in [-0.2, 0) is 17.8 Å². The minimum absolute atomic E-state index is 0.108. The number of quaternary nitrogens is 1. The van der Waals surface area contributed by atoms with E-state index in [4.69, 9.17) is 5.11 Å². The summed E-state index contributed by atoms with van der Waals surface area (Å²) in [4.78, 5) is 13.0. The Kier molecular flexibility index (Phi) is 4.22. The highest BCUT2D eigenvalue weighted by Gasteiger charge is 2.27. The molecular weight excluding hydrogens is 240 g/mol. The first-order chi connectivity index (χ1) is 8.97. The fourth-order valence-corrected chi connectivity index (χ4v) is 2.58. The highest BCUT2D eigenvalue weighted by Crippen LogP contribution is 2.16. The Bertz CT molecular complexity index is 434. The molecule has 1 heterocycles. The molecule has 1 fully saturated rings. The van der Waals surface area contributed by atoms with Crippen molar-refractivity contribution >= 4 is 5.97 Å². The maximum atomic E-state index is 10.6. The number of rotatable bonds is 4. The zero-order valence-electron chi connectivity index (χ0n) is 11.8. The second-order valence-corrected chi connectivity index (χ2v) is 5.92. The molecule has 2 rings (SSSR count). The van der Waals surface area contributed by atoms with Gasteiger partial charge in [-0.15, -0.1) is 0 Å². The molecule has 0 bridgehead atoms. The number of carboxylic acid groups (broad SMARTS) is 1. The van der Waals surface area contributed by atoms with E-state index in [-0.39, 0.29) is 6.42 Å². The smallest absolute Gasteiger partial charge is 0.307 e. The minimum Gasteiger partial charge on any atom is -0.481 e.